The highest BCUT2D eigenvalue weighted by molar-refractivity contribution is 7.93. The average molecular weight is 487 g/mol. The topological polar surface area (TPSA) is 89.7 Å². The van der Waals surface area contributed by atoms with Crippen LogP contribution in [0.2, 0.25) is 19.6 Å². The Bertz CT molecular complexity index is 1230. The maximum atomic E-state index is 14.0. The Hall–Kier alpha value is -2.75. The molecule has 3 rings (SSSR count). The van der Waals surface area contributed by atoms with Crippen molar-refractivity contribution < 1.29 is 22.5 Å². The van der Waals surface area contributed by atoms with E-state index in [9.17, 15) is 13.2 Å². The number of carbonyl (C=O) groups excluding carboxylic acids is 1. The van der Waals surface area contributed by atoms with E-state index in [4.69, 9.17) is 9.26 Å². The van der Waals surface area contributed by atoms with Crippen LogP contribution in [0.3, 0.4) is 0 Å². The average Bonchev–Trinajstić information content (AvgIpc) is 3.11. The summed E-state index contributed by atoms with van der Waals surface area (Å²) in [6, 6.07) is 13.6. The van der Waals surface area contributed by atoms with Crippen LogP contribution in [0.1, 0.15) is 28.6 Å². The Morgan fingerprint density at radius 3 is 2.27 bits per heavy atom. The molecule has 2 aromatic carbocycles. The molecule has 0 aliphatic carbocycles. The molecule has 176 valence electrons. The SMILES string of the molecule is Cc1onc(N(COC(C)[Si](C)(C)C)S(=O)(=O)c2ccccc2-c2ccc(C=O)cc2)c1C. The maximum Gasteiger partial charge on any atom is 0.268 e. The van der Waals surface area contributed by atoms with Gasteiger partial charge in [-0.2, -0.15) is 0 Å². The van der Waals surface area contributed by atoms with Crippen molar-refractivity contribution in [3.8, 4) is 11.1 Å². The molecular formula is C24H30N2O5SSi. The van der Waals surface area contributed by atoms with Crippen molar-refractivity contribution in [2.24, 2.45) is 0 Å². The zero-order valence-corrected chi connectivity index (χ0v) is 21.6. The largest absolute Gasteiger partial charge is 0.360 e. The molecule has 0 spiro atoms. The third-order valence-corrected chi connectivity index (χ3v) is 10.2. The number of carbonyl (C=O) groups is 1. The fourth-order valence-corrected chi connectivity index (χ4v) is 5.23. The van der Waals surface area contributed by atoms with Crippen LogP contribution < -0.4 is 4.31 Å². The summed E-state index contributed by atoms with van der Waals surface area (Å²) >= 11 is 0. The van der Waals surface area contributed by atoms with Crippen molar-refractivity contribution in [2.75, 3.05) is 11.0 Å². The van der Waals surface area contributed by atoms with Crippen LogP contribution in [0.15, 0.2) is 57.9 Å². The molecule has 1 aromatic heterocycles. The lowest BCUT2D eigenvalue weighted by Gasteiger charge is -2.29. The smallest absolute Gasteiger partial charge is 0.268 e. The van der Waals surface area contributed by atoms with Gasteiger partial charge in [-0.3, -0.25) is 4.79 Å². The highest BCUT2D eigenvalue weighted by atomic mass is 32.2. The number of hydrogen-bond acceptors (Lipinski definition) is 6. The van der Waals surface area contributed by atoms with Crippen LogP contribution in [-0.2, 0) is 14.8 Å². The molecule has 0 aliphatic rings. The van der Waals surface area contributed by atoms with Gasteiger partial charge in [-0.1, -0.05) is 67.3 Å². The van der Waals surface area contributed by atoms with E-state index in [1.807, 2.05) is 6.92 Å². The van der Waals surface area contributed by atoms with Crippen molar-refractivity contribution in [3.05, 3.63) is 65.4 Å². The zero-order valence-electron chi connectivity index (χ0n) is 19.8. The van der Waals surface area contributed by atoms with E-state index in [0.717, 1.165) is 6.29 Å². The molecule has 0 saturated carbocycles. The molecule has 0 aliphatic heterocycles. The molecule has 0 bridgehead atoms. The van der Waals surface area contributed by atoms with Gasteiger partial charge >= 0.3 is 0 Å². The van der Waals surface area contributed by atoms with E-state index in [-0.39, 0.29) is 23.2 Å². The van der Waals surface area contributed by atoms with Gasteiger partial charge in [-0.05, 0) is 32.4 Å². The van der Waals surface area contributed by atoms with E-state index in [2.05, 4.69) is 24.8 Å². The Kier molecular flexibility index (Phi) is 7.25. The standard InChI is InChI=1S/C24H30N2O5SSi/c1-17-18(2)31-25-24(17)26(16-30-19(3)33(4,5)6)32(28,29)23-10-8-7-9-22(23)21-13-11-20(15-27)12-14-21/h7-15,19H,16H2,1-6H3. The van der Waals surface area contributed by atoms with Crippen molar-refractivity contribution >= 4 is 30.2 Å². The van der Waals surface area contributed by atoms with Gasteiger partial charge < -0.3 is 9.26 Å². The van der Waals surface area contributed by atoms with Gasteiger partial charge in [0.25, 0.3) is 10.0 Å². The summed E-state index contributed by atoms with van der Waals surface area (Å²) in [5.74, 6) is 0.752. The minimum atomic E-state index is -4.07. The van der Waals surface area contributed by atoms with Gasteiger partial charge in [0.15, 0.2) is 5.82 Å². The van der Waals surface area contributed by atoms with Gasteiger partial charge in [0.1, 0.15) is 18.8 Å². The zero-order chi connectivity index (χ0) is 24.4. The van der Waals surface area contributed by atoms with Gasteiger partial charge in [0.2, 0.25) is 0 Å². The Balaban J connectivity index is 2.10. The van der Waals surface area contributed by atoms with Gasteiger partial charge in [-0.25, -0.2) is 12.7 Å². The predicted octanol–water partition coefficient (Wildman–Crippen LogP) is 5.21. The second-order valence-corrected chi connectivity index (χ2v) is 16.5. The number of rotatable bonds is 9. The molecule has 1 unspecified atom stereocenters. The van der Waals surface area contributed by atoms with Crippen molar-refractivity contribution in [3.63, 3.8) is 0 Å². The first-order valence-electron chi connectivity index (χ1n) is 10.7. The molecular weight excluding hydrogens is 456 g/mol. The Morgan fingerprint density at radius 1 is 1.09 bits per heavy atom. The number of sulfonamides is 1. The van der Waals surface area contributed by atoms with E-state index in [1.165, 1.54) is 4.31 Å². The first-order valence-corrected chi connectivity index (χ1v) is 15.7. The van der Waals surface area contributed by atoms with Gasteiger partial charge in [0.05, 0.1) is 13.0 Å². The molecule has 0 amide bonds. The fourth-order valence-electron chi connectivity index (χ4n) is 3.10. The van der Waals surface area contributed by atoms with Crippen LogP contribution in [0.25, 0.3) is 11.1 Å². The normalized spacial score (nSPS) is 13.0. The van der Waals surface area contributed by atoms with Crippen LogP contribution in [0.5, 0.6) is 0 Å². The first kappa shape index (κ1) is 24.9. The number of aldehydes is 1. The molecule has 0 saturated heterocycles. The maximum absolute atomic E-state index is 14.0. The second-order valence-electron chi connectivity index (χ2n) is 9.08. The Labute approximate surface area is 196 Å². The fraction of sp³-hybridized carbons (Fsp3) is 0.333. The molecule has 7 nitrogen and oxygen atoms in total. The highest BCUT2D eigenvalue weighted by Crippen LogP contribution is 2.33. The molecule has 9 heteroatoms. The van der Waals surface area contributed by atoms with Crippen molar-refractivity contribution in [1.29, 1.82) is 0 Å². The highest BCUT2D eigenvalue weighted by Gasteiger charge is 2.33. The molecule has 3 aromatic rings. The summed E-state index contributed by atoms with van der Waals surface area (Å²) in [6.07, 6.45) is 0.751. The number of hydrogen-bond donors (Lipinski definition) is 0. The summed E-state index contributed by atoms with van der Waals surface area (Å²) in [7, 11) is -5.73. The molecule has 1 atom stereocenters. The Morgan fingerprint density at radius 2 is 1.73 bits per heavy atom. The molecule has 0 fully saturated rings. The number of aryl methyl sites for hydroxylation is 1. The third kappa shape index (κ3) is 5.26. The number of anilines is 1. The van der Waals surface area contributed by atoms with E-state index < -0.39 is 18.1 Å². The van der Waals surface area contributed by atoms with Crippen LogP contribution in [0.4, 0.5) is 5.82 Å². The quantitative estimate of drug-likeness (QED) is 0.234. The minimum absolute atomic E-state index is 0.0744. The lowest BCUT2D eigenvalue weighted by Crippen LogP contribution is -2.42. The summed E-state index contributed by atoms with van der Waals surface area (Å²) in [5.41, 5.74) is 2.29. The monoisotopic (exact) mass is 486 g/mol. The molecule has 1 heterocycles. The lowest BCUT2D eigenvalue weighted by molar-refractivity contribution is 0.112. The van der Waals surface area contributed by atoms with Gasteiger partial charge in [-0.15, -0.1) is 0 Å². The molecule has 0 radical (unpaired) electrons. The van der Waals surface area contributed by atoms with Crippen molar-refractivity contribution in [2.45, 2.75) is 51.0 Å². The van der Waals surface area contributed by atoms with E-state index >= 15 is 0 Å². The third-order valence-electron chi connectivity index (χ3n) is 5.84. The summed E-state index contributed by atoms with van der Waals surface area (Å²) in [5, 5.41) is 4.04. The number of benzene rings is 2. The number of ether oxygens (including phenoxy) is 1. The number of aromatic nitrogens is 1. The van der Waals surface area contributed by atoms with E-state index in [0.29, 0.717) is 28.0 Å². The predicted molar refractivity (Wildman–Crippen MR) is 132 cm³/mol. The van der Waals surface area contributed by atoms with Gasteiger partial charge in [0, 0.05) is 22.4 Å². The second kappa shape index (κ2) is 9.62. The number of nitrogens with zero attached hydrogens (tertiary/aromatic N) is 2. The molecule has 0 N–H and O–H groups in total. The first-order chi connectivity index (χ1) is 15.5. The van der Waals surface area contributed by atoms with Crippen LogP contribution in [0, 0.1) is 13.8 Å². The van der Waals surface area contributed by atoms with Crippen LogP contribution in [-0.4, -0.2) is 40.4 Å². The van der Waals surface area contributed by atoms with Crippen molar-refractivity contribution in [1.82, 2.24) is 5.16 Å². The van der Waals surface area contributed by atoms with Crippen LogP contribution >= 0.6 is 0 Å². The minimum Gasteiger partial charge on any atom is -0.360 e. The summed E-state index contributed by atoms with van der Waals surface area (Å²) in [4.78, 5) is 11.1. The lowest BCUT2D eigenvalue weighted by atomic mass is 10.0. The van der Waals surface area contributed by atoms with E-state index in [1.54, 1.807) is 62.4 Å². The summed E-state index contributed by atoms with van der Waals surface area (Å²) < 4.78 is 40.5. The molecule has 33 heavy (non-hydrogen) atoms. The summed E-state index contributed by atoms with van der Waals surface area (Å²) in [6.45, 7) is 11.8.